The van der Waals surface area contributed by atoms with Gasteiger partial charge in [-0.15, -0.1) is 0 Å². The number of ether oxygens (including phenoxy) is 1. The largest absolute Gasteiger partial charge is 0.497 e. The van der Waals surface area contributed by atoms with Gasteiger partial charge in [0.2, 0.25) is 10.0 Å². The molecular formula is C16H18N4O4S. The van der Waals surface area contributed by atoms with Crippen molar-refractivity contribution in [1.82, 2.24) is 14.7 Å². The predicted molar refractivity (Wildman–Crippen MR) is 92.8 cm³/mol. The van der Waals surface area contributed by atoms with Crippen molar-refractivity contribution in [2.45, 2.75) is 4.90 Å². The Kier molecular flexibility index (Phi) is 6.20. The molecule has 0 aliphatic heterocycles. The molecule has 132 valence electrons. The molecule has 2 aromatic rings. The van der Waals surface area contributed by atoms with Crippen molar-refractivity contribution in [2.75, 3.05) is 20.7 Å². The fourth-order valence-corrected chi connectivity index (χ4v) is 3.01. The number of rotatable bonds is 7. The van der Waals surface area contributed by atoms with E-state index in [9.17, 15) is 13.2 Å². The summed E-state index contributed by atoms with van der Waals surface area (Å²) in [6.07, 6.45) is 4.62. The lowest BCUT2D eigenvalue weighted by Gasteiger charge is -2.16. The van der Waals surface area contributed by atoms with Crippen LogP contribution in [0, 0.1) is 0 Å². The first-order valence-electron chi connectivity index (χ1n) is 7.26. The van der Waals surface area contributed by atoms with E-state index in [-0.39, 0.29) is 11.4 Å². The van der Waals surface area contributed by atoms with Crippen LogP contribution < -0.4 is 10.2 Å². The van der Waals surface area contributed by atoms with Crippen molar-refractivity contribution in [1.29, 1.82) is 0 Å². The van der Waals surface area contributed by atoms with Crippen molar-refractivity contribution in [3.05, 3.63) is 54.4 Å². The highest BCUT2D eigenvalue weighted by Crippen LogP contribution is 2.18. The van der Waals surface area contributed by atoms with Gasteiger partial charge in [-0.25, -0.2) is 13.8 Å². The number of likely N-dealkylation sites (N-methyl/N-ethyl adjacent to an activating group) is 1. The van der Waals surface area contributed by atoms with Crippen LogP contribution in [0.3, 0.4) is 0 Å². The van der Waals surface area contributed by atoms with Crippen LogP contribution >= 0.6 is 0 Å². The highest BCUT2D eigenvalue weighted by atomic mass is 32.2. The lowest BCUT2D eigenvalue weighted by atomic mass is 10.3. The molecule has 0 spiro atoms. The first-order chi connectivity index (χ1) is 11.9. The number of nitrogens with one attached hydrogen (secondary N) is 1. The van der Waals surface area contributed by atoms with Gasteiger partial charge in [0.05, 0.1) is 24.8 Å². The number of benzene rings is 1. The van der Waals surface area contributed by atoms with E-state index < -0.39 is 15.9 Å². The Morgan fingerprint density at radius 3 is 2.64 bits per heavy atom. The maximum absolute atomic E-state index is 12.4. The molecule has 9 heteroatoms. The molecule has 0 aliphatic rings. The Bertz CT molecular complexity index is 836. The Balaban J connectivity index is 1.96. The number of nitrogens with zero attached hydrogens (tertiary/aromatic N) is 3. The van der Waals surface area contributed by atoms with Gasteiger partial charge in [0, 0.05) is 25.0 Å². The third kappa shape index (κ3) is 5.10. The maximum atomic E-state index is 12.4. The Morgan fingerprint density at radius 1 is 1.32 bits per heavy atom. The summed E-state index contributed by atoms with van der Waals surface area (Å²) in [5.74, 6) is -0.0104. The van der Waals surface area contributed by atoms with Crippen LogP contribution in [-0.4, -0.2) is 50.5 Å². The average Bonchev–Trinajstić information content (AvgIpc) is 2.62. The summed E-state index contributed by atoms with van der Waals surface area (Å²) in [5, 5.41) is 3.77. The highest BCUT2D eigenvalue weighted by Gasteiger charge is 2.22. The first-order valence-corrected chi connectivity index (χ1v) is 8.70. The molecule has 0 bridgehead atoms. The van der Waals surface area contributed by atoms with E-state index in [1.807, 2.05) is 0 Å². The Hall–Kier alpha value is -2.78. The molecule has 1 N–H and O–H groups in total. The molecule has 8 nitrogen and oxygen atoms in total. The molecule has 2 rings (SSSR count). The second-order valence-electron chi connectivity index (χ2n) is 5.02. The fourth-order valence-electron chi connectivity index (χ4n) is 1.88. The van der Waals surface area contributed by atoms with Gasteiger partial charge in [0.15, 0.2) is 0 Å². The van der Waals surface area contributed by atoms with Crippen molar-refractivity contribution in [3.8, 4) is 5.75 Å². The van der Waals surface area contributed by atoms with E-state index in [0.29, 0.717) is 11.3 Å². The number of hydrogen-bond donors (Lipinski definition) is 1. The van der Waals surface area contributed by atoms with Crippen molar-refractivity contribution < 1.29 is 17.9 Å². The summed E-state index contributed by atoms with van der Waals surface area (Å²) < 4.78 is 30.8. The summed E-state index contributed by atoms with van der Waals surface area (Å²) in [6.45, 7) is -0.362. The molecular weight excluding hydrogens is 344 g/mol. The van der Waals surface area contributed by atoms with Crippen LogP contribution in [0.1, 0.15) is 5.56 Å². The van der Waals surface area contributed by atoms with E-state index >= 15 is 0 Å². The smallest absolute Gasteiger partial charge is 0.255 e. The summed E-state index contributed by atoms with van der Waals surface area (Å²) in [7, 11) is -0.966. The average molecular weight is 362 g/mol. The topological polar surface area (TPSA) is 101 Å². The molecule has 1 amide bonds. The fraction of sp³-hybridized carbons (Fsp3) is 0.188. The summed E-state index contributed by atoms with van der Waals surface area (Å²) in [5.41, 5.74) is 2.99. The zero-order valence-electron chi connectivity index (χ0n) is 13.8. The van der Waals surface area contributed by atoms with Gasteiger partial charge in [-0.05, 0) is 30.3 Å². The molecule has 0 radical (unpaired) electrons. The number of carbonyl (C=O) groups excluding carboxylic acids is 1. The molecule has 1 heterocycles. The Labute approximate surface area is 146 Å². The van der Waals surface area contributed by atoms with E-state index in [2.05, 4.69) is 15.5 Å². The van der Waals surface area contributed by atoms with Gasteiger partial charge in [0.1, 0.15) is 5.75 Å². The van der Waals surface area contributed by atoms with Gasteiger partial charge < -0.3 is 4.74 Å². The van der Waals surface area contributed by atoms with Gasteiger partial charge >= 0.3 is 0 Å². The van der Waals surface area contributed by atoms with E-state index in [4.69, 9.17) is 4.74 Å². The molecule has 0 aliphatic carbocycles. The third-order valence-corrected chi connectivity index (χ3v) is 5.04. The molecule has 0 atom stereocenters. The third-order valence-electron chi connectivity index (χ3n) is 3.22. The van der Waals surface area contributed by atoms with Crippen LogP contribution in [0.25, 0.3) is 0 Å². The van der Waals surface area contributed by atoms with Gasteiger partial charge in [-0.1, -0.05) is 6.07 Å². The highest BCUT2D eigenvalue weighted by molar-refractivity contribution is 7.89. The minimum atomic E-state index is -3.78. The van der Waals surface area contributed by atoms with Crippen molar-refractivity contribution in [2.24, 2.45) is 5.10 Å². The standard InChI is InChI=1S/C16H18N4O4S/c1-20(25(22,23)15-7-5-14(24-2)6-8-15)12-16(21)19-18-11-13-4-3-9-17-10-13/h3-11H,12H2,1-2H3,(H,19,21)/b18-11-. The monoisotopic (exact) mass is 362 g/mol. The van der Waals surface area contributed by atoms with Crippen molar-refractivity contribution >= 4 is 22.1 Å². The maximum Gasteiger partial charge on any atom is 0.255 e. The minimum absolute atomic E-state index is 0.0717. The molecule has 0 fully saturated rings. The SMILES string of the molecule is COc1ccc(S(=O)(=O)N(C)CC(=O)N/N=C\c2cccnc2)cc1. The van der Waals surface area contributed by atoms with Crippen molar-refractivity contribution in [3.63, 3.8) is 0 Å². The van der Waals surface area contributed by atoms with E-state index in [1.165, 1.54) is 32.5 Å². The predicted octanol–water partition coefficient (Wildman–Crippen LogP) is 0.861. The summed E-state index contributed by atoms with van der Waals surface area (Å²) in [6, 6.07) is 9.42. The minimum Gasteiger partial charge on any atom is -0.497 e. The quantitative estimate of drug-likeness (QED) is 0.581. The molecule has 0 saturated carbocycles. The zero-order chi connectivity index (χ0) is 18.3. The molecule has 0 unspecified atom stereocenters. The molecule has 1 aromatic carbocycles. The molecule has 1 aromatic heterocycles. The van der Waals surface area contributed by atoms with Gasteiger partial charge in [-0.3, -0.25) is 9.78 Å². The van der Waals surface area contributed by atoms with E-state index in [1.54, 1.807) is 36.7 Å². The molecule has 0 saturated heterocycles. The van der Waals surface area contributed by atoms with Crippen LogP contribution in [-0.2, 0) is 14.8 Å². The number of pyridine rings is 1. The van der Waals surface area contributed by atoms with Crippen LogP contribution in [0.4, 0.5) is 0 Å². The van der Waals surface area contributed by atoms with E-state index in [0.717, 1.165) is 4.31 Å². The Morgan fingerprint density at radius 2 is 2.04 bits per heavy atom. The number of hydrogen-bond acceptors (Lipinski definition) is 6. The van der Waals surface area contributed by atoms with Crippen LogP contribution in [0.15, 0.2) is 58.8 Å². The number of amides is 1. The lowest BCUT2D eigenvalue weighted by molar-refractivity contribution is -0.121. The summed E-state index contributed by atoms with van der Waals surface area (Å²) >= 11 is 0. The second-order valence-corrected chi connectivity index (χ2v) is 7.06. The van der Waals surface area contributed by atoms with Crippen LogP contribution in [0.2, 0.25) is 0 Å². The normalized spacial score (nSPS) is 11.6. The van der Waals surface area contributed by atoms with Gasteiger partial charge in [0.25, 0.3) is 5.91 Å². The van der Waals surface area contributed by atoms with Gasteiger partial charge in [-0.2, -0.15) is 9.41 Å². The lowest BCUT2D eigenvalue weighted by Crippen LogP contribution is -2.36. The number of sulfonamides is 1. The number of carbonyl (C=O) groups is 1. The number of aromatic nitrogens is 1. The second kappa shape index (κ2) is 8.36. The first kappa shape index (κ1) is 18.6. The molecule has 25 heavy (non-hydrogen) atoms. The number of hydrazone groups is 1. The summed E-state index contributed by atoms with van der Waals surface area (Å²) in [4.78, 5) is 15.8. The van der Waals surface area contributed by atoms with Crippen LogP contribution in [0.5, 0.6) is 5.75 Å². The zero-order valence-corrected chi connectivity index (χ0v) is 14.6. The number of methoxy groups -OCH3 is 1.